The first-order valence-corrected chi connectivity index (χ1v) is 11.5. The lowest BCUT2D eigenvalue weighted by Gasteiger charge is -2.18. The van der Waals surface area contributed by atoms with E-state index in [1.165, 1.54) is 12.1 Å². The van der Waals surface area contributed by atoms with Crippen molar-refractivity contribution in [2.45, 2.75) is 11.4 Å². The molecule has 2 amide bonds. The third-order valence-electron chi connectivity index (χ3n) is 5.49. The summed E-state index contributed by atoms with van der Waals surface area (Å²) in [6, 6.07) is 25.7. The number of nitrogens with zero attached hydrogens (tertiary/aromatic N) is 1. The number of sulfonamides is 1. The number of benzene rings is 4. The quantitative estimate of drug-likeness (QED) is 0.471. The maximum Gasteiger partial charge on any atom is 0.266 e. The van der Waals surface area contributed by atoms with E-state index < -0.39 is 21.8 Å². The second-order valence-corrected chi connectivity index (χ2v) is 9.17. The van der Waals surface area contributed by atoms with Crippen molar-refractivity contribution in [3.05, 3.63) is 108 Å². The summed E-state index contributed by atoms with van der Waals surface area (Å²) in [7, 11) is -3.84. The maximum absolute atomic E-state index is 13.1. The van der Waals surface area contributed by atoms with Gasteiger partial charge in [-0.15, -0.1) is 0 Å². The molecule has 6 nitrogen and oxygen atoms in total. The highest BCUT2D eigenvalue weighted by atomic mass is 32.2. The van der Waals surface area contributed by atoms with Crippen molar-refractivity contribution >= 4 is 38.3 Å². The molecule has 4 aromatic carbocycles. The van der Waals surface area contributed by atoms with Gasteiger partial charge in [-0.3, -0.25) is 9.59 Å². The monoisotopic (exact) mass is 442 g/mol. The Kier molecular flexibility index (Phi) is 4.84. The van der Waals surface area contributed by atoms with Crippen LogP contribution < -0.4 is 9.62 Å². The molecule has 0 unspecified atom stereocenters. The van der Waals surface area contributed by atoms with Gasteiger partial charge in [0.1, 0.15) is 0 Å². The third-order valence-corrected chi connectivity index (χ3v) is 6.95. The number of carbonyl (C=O) groups excluding carboxylic acids is 2. The van der Waals surface area contributed by atoms with Crippen molar-refractivity contribution in [2.75, 3.05) is 4.90 Å². The minimum absolute atomic E-state index is 0.0874. The lowest BCUT2D eigenvalue weighted by Crippen LogP contribution is -2.30. The van der Waals surface area contributed by atoms with Crippen molar-refractivity contribution < 1.29 is 18.0 Å². The Bertz CT molecular complexity index is 1450. The van der Waals surface area contributed by atoms with Crippen molar-refractivity contribution in [1.29, 1.82) is 0 Å². The highest BCUT2D eigenvalue weighted by molar-refractivity contribution is 7.89. The molecule has 0 radical (unpaired) electrons. The minimum Gasteiger partial charge on any atom is -0.268 e. The number of amides is 2. The van der Waals surface area contributed by atoms with Gasteiger partial charge < -0.3 is 0 Å². The summed E-state index contributed by atoms with van der Waals surface area (Å²) in [6.45, 7) is 0.150. The molecule has 7 heteroatoms. The summed E-state index contributed by atoms with van der Waals surface area (Å²) >= 11 is 0. The molecular formula is C25H18N2O4S. The van der Waals surface area contributed by atoms with Crippen LogP contribution in [0.5, 0.6) is 0 Å². The zero-order valence-electron chi connectivity index (χ0n) is 16.9. The van der Waals surface area contributed by atoms with Crippen molar-refractivity contribution in [2.24, 2.45) is 0 Å². The number of rotatable bonds is 5. The molecule has 1 aliphatic heterocycles. The van der Waals surface area contributed by atoms with Gasteiger partial charge in [0, 0.05) is 17.3 Å². The molecule has 0 fully saturated rings. The molecule has 1 aliphatic rings. The van der Waals surface area contributed by atoms with Gasteiger partial charge in [-0.25, -0.2) is 18.0 Å². The highest BCUT2D eigenvalue weighted by Crippen LogP contribution is 2.36. The van der Waals surface area contributed by atoms with E-state index in [1.807, 2.05) is 30.3 Å². The number of hydrogen-bond donors (Lipinski definition) is 1. The molecule has 4 aromatic rings. The SMILES string of the molecule is O=C1c2ccccc2C(=O)N1c1ccc(S(=O)(=O)NCc2ccccc2)c2ccccc12. The van der Waals surface area contributed by atoms with Crippen LogP contribution in [-0.2, 0) is 16.6 Å². The second-order valence-electron chi connectivity index (χ2n) is 7.43. The van der Waals surface area contributed by atoms with E-state index in [9.17, 15) is 18.0 Å². The minimum atomic E-state index is -3.84. The first-order valence-electron chi connectivity index (χ1n) is 10.0. The Morgan fingerprint density at radius 1 is 0.656 bits per heavy atom. The van der Waals surface area contributed by atoms with Crippen LogP contribution >= 0.6 is 0 Å². The third kappa shape index (κ3) is 3.28. The molecule has 32 heavy (non-hydrogen) atoms. The van der Waals surface area contributed by atoms with E-state index in [0.29, 0.717) is 27.6 Å². The number of fused-ring (bicyclic) bond motifs is 2. The molecule has 0 saturated carbocycles. The van der Waals surface area contributed by atoms with Crippen molar-refractivity contribution in [3.63, 3.8) is 0 Å². The predicted octanol–water partition coefficient (Wildman–Crippen LogP) is 4.12. The van der Waals surface area contributed by atoms with Crippen LogP contribution in [0, 0.1) is 0 Å². The molecule has 0 aromatic heterocycles. The topological polar surface area (TPSA) is 83.6 Å². The number of nitrogens with one attached hydrogen (secondary N) is 1. The van der Waals surface area contributed by atoms with E-state index >= 15 is 0 Å². The van der Waals surface area contributed by atoms with Gasteiger partial charge in [-0.2, -0.15) is 0 Å². The van der Waals surface area contributed by atoms with Crippen LogP contribution in [0.2, 0.25) is 0 Å². The molecule has 0 saturated heterocycles. The smallest absolute Gasteiger partial charge is 0.266 e. The summed E-state index contributed by atoms with van der Waals surface area (Å²) < 4.78 is 28.8. The lowest BCUT2D eigenvalue weighted by molar-refractivity contribution is 0.0926. The second kappa shape index (κ2) is 7.71. The molecule has 0 aliphatic carbocycles. The Balaban J connectivity index is 1.57. The van der Waals surface area contributed by atoms with E-state index in [2.05, 4.69) is 4.72 Å². The zero-order valence-corrected chi connectivity index (χ0v) is 17.7. The summed E-state index contributed by atoms with van der Waals surface area (Å²) in [6.07, 6.45) is 0. The number of anilines is 1. The average Bonchev–Trinajstić information content (AvgIpc) is 3.08. The van der Waals surface area contributed by atoms with Crippen molar-refractivity contribution in [1.82, 2.24) is 4.72 Å². The number of carbonyl (C=O) groups is 2. The van der Waals surface area contributed by atoms with Gasteiger partial charge in [0.15, 0.2) is 0 Å². The van der Waals surface area contributed by atoms with E-state index in [1.54, 1.807) is 48.5 Å². The molecule has 0 bridgehead atoms. The fraction of sp³-hybridized carbons (Fsp3) is 0.0400. The van der Waals surface area contributed by atoms with Crippen LogP contribution in [0.4, 0.5) is 5.69 Å². The van der Waals surface area contributed by atoms with Gasteiger partial charge in [0.05, 0.1) is 21.7 Å². The fourth-order valence-corrected chi connectivity index (χ4v) is 5.17. The average molecular weight is 442 g/mol. The molecular weight excluding hydrogens is 424 g/mol. The fourth-order valence-electron chi connectivity index (χ4n) is 3.94. The van der Waals surface area contributed by atoms with Gasteiger partial charge in [-0.05, 0) is 29.8 Å². The van der Waals surface area contributed by atoms with Gasteiger partial charge in [0.2, 0.25) is 10.0 Å². The lowest BCUT2D eigenvalue weighted by atomic mass is 10.1. The molecule has 0 atom stereocenters. The van der Waals surface area contributed by atoms with Gasteiger partial charge >= 0.3 is 0 Å². The highest BCUT2D eigenvalue weighted by Gasteiger charge is 2.37. The standard InChI is InChI=1S/C25H18N2O4S/c28-24-20-12-6-7-13-21(20)25(29)27(24)22-14-15-23(19-11-5-4-10-18(19)22)32(30,31)26-16-17-8-2-1-3-9-17/h1-15,26H,16H2. The summed E-state index contributed by atoms with van der Waals surface area (Å²) in [5.74, 6) is -0.845. The molecule has 1 N–H and O–H groups in total. The zero-order chi connectivity index (χ0) is 22.3. The van der Waals surface area contributed by atoms with Gasteiger partial charge in [0.25, 0.3) is 11.8 Å². The Labute approximate surface area is 185 Å². The molecule has 0 spiro atoms. The Hall–Kier alpha value is -3.81. The number of imide groups is 1. The Morgan fingerprint density at radius 3 is 1.88 bits per heavy atom. The van der Waals surface area contributed by atoms with Crippen molar-refractivity contribution in [3.8, 4) is 0 Å². The summed E-state index contributed by atoms with van der Waals surface area (Å²) in [4.78, 5) is 27.1. The van der Waals surface area contributed by atoms with E-state index in [-0.39, 0.29) is 11.4 Å². The van der Waals surface area contributed by atoms with E-state index in [4.69, 9.17) is 0 Å². The predicted molar refractivity (Wildman–Crippen MR) is 122 cm³/mol. The normalized spacial score (nSPS) is 13.6. The largest absolute Gasteiger partial charge is 0.268 e. The van der Waals surface area contributed by atoms with E-state index in [0.717, 1.165) is 10.5 Å². The maximum atomic E-state index is 13.1. The first-order chi connectivity index (χ1) is 15.5. The van der Waals surface area contributed by atoms with Gasteiger partial charge in [-0.1, -0.05) is 66.7 Å². The Morgan fingerprint density at radius 2 is 1.22 bits per heavy atom. The van der Waals surface area contributed by atoms with Crippen LogP contribution in [-0.4, -0.2) is 20.2 Å². The van der Waals surface area contributed by atoms with Crippen LogP contribution in [0.25, 0.3) is 10.8 Å². The van der Waals surface area contributed by atoms with Crippen LogP contribution in [0.1, 0.15) is 26.3 Å². The summed E-state index contributed by atoms with van der Waals surface area (Å²) in [5, 5.41) is 0.937. The van der Waals surface area contributed by atoms with Crippen LogP contribution in [0.3, 0.4) is 0 Å². The van der Waals surface area contributed by atoms with Crippen LogP contribution in [0.15, 0.2) is 95.9 Å². The number of hydrogen-bond acceptors (Lipinski definition) is 4. The molecule has 5 rings (SSSR count). The molecule has 158 valence electrons. The first kappa shape index (κ1) is 20.1. The summed E-state index contributed by atoms with van der Waals surface area (Å²) in [5.41, 5.74) is 1.86. The molecule has 1 heterocycles.